The summed E-state index contributed by atoms with van der Waals surface area (Å²) in [6, 6.07) is 0. The molecule has 0 bridgehead atoms. The van der Waals surface area contributed by atoms with Crippen molar-refractivity contribution in [2.24, 2.45) is 11.8 Å². The summed E-state index contributed by atoms with van der Waals surface area (Å²) in [6.45, 7) is 0. The number of halogens is 6. The molecule has 15 heavy (non-hydrogen) atoms. The van der Waals surface area contributed by atoms with E-state index in [1.807, 2.05) is 0 Å². The summed E-state index contributed by atoms with van der Waals surface area (Å²) in [5, 5.41) is 0. The van der Waals surface area contributed by atoms with Crippen LogP contribution in [0.25, 0.3) is 0 Å². The summed E-state index contributed by atoms with van der Waals surface area (Å²) >= 11 is 0. The Balaban J connectivity index is 2.57. The normalized spacial score (nSPS) is 36.9. The molecule has 0 N–H and O–H groups in total. The molecule has 2 rings (SSSR count). The fraction of sp³-hybridized carbons (Fsp3) is 0.556. The molecule has 0 radical (unpaired) electrons. The lowest BCUT2D eigenvalue weighted by Gasteiger charge is -2.36. The standard InChI is InChI=1S/C9H6F6/c10-6-7(11)9(14,15)5-3-1-2-4(5)8(6,12)13/h1-2,4-5H,3H2. The van der Waals surface area contributed by atoms with Crippen molar-refractivity contribution in [2.45, 2.75) is 18.3 Å². The first-order valence-corrected chi connectivity index (χ1v) is 4.28. The molecular formula is C9H6F6. The third-order valence-electron chi connectivity index (χ3n) is 2.83. The number of alkyl halides is 4. The van der Waals surface area contributed by atoms with Crippen molar-refractivity contribution in [3.63, 3.8) is 0 Å². The predicted molar refractivity (Wildman–Crippen MR) is 39.9 cm³/mol. The average molecular weight is 228 g/mol. The number of hydrogen-bond donors (Lipinski definition) is 0. The number of hydrogen-bond acceptors (Lipinski definition) is 0. The van der Waals surface area contributed by atoms with Crippen molar-refractivity contribution >= 4 is 0 Å². The summed E-state index contributed by atoms with van der Waals surface area (Å²) in [6.07, 6.45) is 1.56. The molecular weight excluding hydrogens is 222 g/mol. The summed E-state index contributed by atoms with van der Waals surface area (Å²) in [5.41, 5.74) is 0. The quantitative estimate of drug-likeness (QED) is 0.439. The summed E-state index contributed by atoms with van der Waals surface area (Å²) < 4.78 is 77.8. The van der Waals surface area contributed by atoms with Gasteiger partial charge in [-0.05, 0) is 6.42 Å². The second-order valence-electron chi connectivity index (χ2n) is 3.67. The fourth-order valence-electron chi connectivity index (χ4n) is 2.00. The number of allylic oxidation sites excluding steroid dienone is 4. The van der Waals surface area contributed by atoms with E-state index in [1.54, 1.807) is 0 Å². The second kappa shape index (κ2) is 2.80. The van der Waals surface area contributed by atoms with Crippen LogP contribution in [-0.4, -0.2) is 11.8 Å². The van der Waals surface area contributed by atoms with Gasteiger partial charge in [-0.15, -0.1) is 0 Å². The minimum Gasteiger partial charge on any atom is -0.202 e. The zero-order valence-corrected chi connectivity index (χ0v) is 7.28. The largest absolute Gasteiger partial charge is 0.308 e. The highest BCUT2D eigenvalue weighted by molar-refractivity contribution is 5.30. The molecule has 84 valence electrons. The van der Waals surface area contributed by atoms with Gasteiger partial charge in [0.2, 0.25) is 11.7 Å². The van der Waals surface area contributed by atoms with Gasteiger partial charge >= 0.3 is 11.8 Å². The third kappa shape index (κ3) is 1.16. The molecule has 0 aromatic carbocycles. The van der Waals surface area contributed by atoms with E-state index in [2.05, 4.69) is 0 Å². The molecule has 0 amide bonds. The highest BCUT2D eigenvalue weighted by atomic mass is 19.3. The maximum atomic E-state index is 13.1. The van der Waals surface area contributed by atoms with E-state index in [1.165, 1.54) is 0 Å². The van der Waals surface area contributed by atoms with Gasteiger partial charge in [0, 0.05) is 5.92 Å². The minimum atomic E-state index is -4.16. The Labute approximate surface area is 81.3 Å². The maximum Gasteiger partial charge on any atom is 0.308 e. The first-order valence-electron chi connectivity index (χ1n) is 4.28. The van der Waals surface area contributed by atoms with Gasteiger partial charge in [-0.3, -0.25) is 0 Å². The Bertz CT molecular complexity index is 354. The van der Waals surface area contributed by atoms with E-state index in [4.69, 9.17) is 0 Å². The molecule has 0 aromatic rings. The maximum absolute atomic E-state index is 13.1. The highest BCUT2D eigenvalue weighted by Crippen LogP contribution is 2.56. The molecule has 6 heteroatoms. The van der Waals surface area contributed by atoms with Gasteiger partial charge < -0.3 is 0 Å². The topological polar surface area (TPSA) is 0 Å². The Morgan fingerprint density at radius 2 is 1.53 bits per heavy atom. The molecule has 0 nitrogen and oxygen atoms in total. The van der Waals surface area contributed by atoms with Crippen LogP contribution in [0, 0.1) is 11.8 Å². The van der Waals surface area contributed by atoms with Crippen LogP contribution in [0.1, 0.15) is 6.42 Å². The Morgan fingerprint density at radius 3 is 2.13 bits per heavy atom. The molecule has 0 fully saturated rings. The molecule has 0 aliphatic heterocycles. The average Bonchev–Trinajstić information content (AvgIpc) is 2.63. The van der Waals surface area contributed by atoms with E-state index in [-0.39, 0.29) is 6.42 Å². The van der Waals surface area contributed by atoms with Gasteiger partial charge in [0.1, 0.15) is 0 Å². The van der Waals surface area contributed by atoms with Crippen molar-refractivity contribution in [1.82, 2.24) is 0 Å². The van der Waals surface area contributed by atoms with E-state index in [0.717, 1.165) is 12.2 Å². The van der Waals surface area contributed by atoms with E-state index >= 15 is 0 Å². The van der Waals surface area contributed by atoms with Crippen molar-refractivity contribution in [3.05, 3.63) is 23.8 Å². The Kier molecular flexibility index (Phi) is 1.97. The van der Waals surface area contributed by atoms with Gasteiger partial charge in [0.15, 0.2) is 0 Å². The van der Waals surface area contributed by atoms with Crippen LogP contribution in [0.5, 0.6) is 0 Å². The lowest BCUT2D eigenvalue weighted by Crippen LogP contribution is -2.46. The number of fused-ring (bicyclic) bond motifs is 1. The first kappa shape index (κ1) is 10.6. The molecule has 0 spiro atoms. The zero-order valence-electron chi connectivity index (χ0n) is 7.28. The highest BCUT2D eigenvalue weighted by Gasteiger charge is 2.64. The van der Waals surface area contributed by atoms with Crippen LogP contribution in [0.4, 0.5) is 26.3 Å². The van der Waals surface area contributed by atoms with Crippen LogP contribution >= 0.6 is 0 Å². The fourth-order valence-corrected chi connectivity index (χ4v) is 2.00. The SMILES string of the molecule is FC1=C(F)C(F)(F)C2CC=CC2C1(F)F. The lowest BCUT2D eigenvalue weighted by atomic mass is 9.79. The second-order valence-corrected chi connectivity index (χ2v) is 3.67. The van der Waals surface area contributed by atoms with Crippen molar-refractivity contribution < 1.29 is 26.3 Å². The summed E-state index contributed by atoms with van der Waals surface area (Å²) in [7, 11) is 0. The van der Waals surface area contributed by atoms with Gasteiger partial charge in [-0.1, -0.05) is 12.2 Å². The van der Waals surface area contributed by atoms with Crippen molar-refractivity contribution in [1.29, 1.82) is 0 Å². The minimum absolute atomic E-state index is 0.367. The van der Waals surface area contributed by atoms with Crippen molar-refractivity contribution in [2.75, 3.05) is 0 Å². The first-order chi connectivity index (χ1) is 6.79. The summed E-state index contributed by atoms with van der Waals surface area (Å²) in [5.74, 6) is -17.4. The lowest BCUT2D eigenvalue weighted by molar-refractivity contribution is -0.140. The van der Waals surface area contributed by atoms with Crippen LogP contribution in [0.2, 0.25) is 0 Å². The Hall–Kier alpha value is -0.940. The van der Waals surface area contributed by atoms with E-state index in [0.29, 0.717) is 0 Å². The molecule has 2 aliphatic rings. The van der Waals surface area contributed by atoms with Crippen LogP contribution < -0.4 is 0 Å². The van der Waals surface area contributed by atoms with Crippen LogP contribution in [0.15, 0.2) is 23.8 Å². The molecule has 0 saturated carbocycles. The smallest absolute Gasteiger partial charge is 0.202 e. The molecule has 0 aromatic heterocycles. The van der Waals surface area contributed by atoms with Gasteiger partial charge in [0.05, 0.1) is 5.92 Å². The number of rotatable bonds is 0. The van der Waals surface area contributed by atoms with Gasteiger partial charge in [-0.25, -0.2) is 8.78 Å². The molecule has 2 aliphatic carbocycles. The predicted octanol–water partition coefficient (Wildman–Crippen LogP) is 3.61. The van der Waals surface area contributed by atoms with E-state index in [9.17, 15) is 26.3 Å². The molecule has 2 atom stereocenters. The summed E-state index contributed by atoms with van der Waals surface area (Å²) in [4.78, 5) is 0. The molecule has 0 saturated heterocycles. The van der Waals surface area contributed by atoms with Gasteiger partial charge in [0.25, 0.3) is 0 Å². The molecule has 2 unspecified atom stereocenters. The zero-order chi connectivity index (χ0) is 11.4. The third-order valence-corrected chi connectivity index (χ3v) is 2.83. The van der Waals surface area contributed by atoms with E-state index < -0.39 is 35.3 Å². The monoisotopic (exact) mass is 228 g/mol. The van der Waals surface area contributed by atoms with Gasteiger partial charge in [-0.2, -0.15) is 17.6 Å². The van der Waals surface area contributed by atoms with Crippen LogP contribution in [0.3, 0.4) is 0 Å². The molecule has 0 heterocycles. The van der Waals surface area contributed by atoms with Crippen molar-refractivity contribution in [3.8, 4) is 0 Å². The Morgan fingerprint density at radius 1 is 1.00 bits per heavy atom. The van der Waals surface area contributed by atoms with Crippen LogP contribution in [-0.2, 0) is 0 Å².